The molecule has 0 spiro atoms. The summed E-state index contributed by atoms with van der Waals surface area (Å²) >= 11 is 8.54. The van der Waals surface area contributed by atoms with Gasteiger partial charge in [-0.3, -0.25) is 4.79 Å². The van der Waals surface area contributed by atoms with Crippen LogP contribution >= 0.6 is 27.5 Å². The largest absolute Gasteiger partial charge is 0.418 e. The zero-order valence-corrected chi connectivity index (χ0v) is 10.9. The molecular formula is C10H5BrClF3N2O. The normalized spacial score (nSPS) is 10.9. The van der Waals surface area contributed by atoms with Crippen LogP contribution in [0, 0.1) is 11.3 Å². The summed E-state index contributed by atoms with van der Waals surface area (Å²) in [4.78, 5) is 11.2. The third-order valence-corrected chi connectivity index (χ3v) is 2.62. The van der Waals surface area contributed by atoms with E-state index >= 15 is 0 Å². The van der Waals surface area contributed by atoms with Gasteiger partial charge in [0.15, 0.2) is 0 Å². The Hall–Kier alpha value is -1.26. The number of nitrogens with zero attached hydrogens (tertiary/aromatic N) is 1. The van der Waals surface area contributed by atoms with E-state index in [4.69, 9.17) is 16.9 Å². The molecule has 0 aliphatic carbocycles. The van der Waals surface area contributed by atoms with Gasteiger partial charge in [0.05, 0.1) is 22.3 Å². The average molecular weight is 342 g/mol. The minimum Gasteiger partial charge on any atom is -0.323 e. The van der Waals surface area contributed by atoms with Gasteiger partial charge in [-0.25, -0.2) is 0 Å². The summed E-state index contributed by atoms with van der Waals surface area (Å²) in [5, 5.41) is 10.0. The van der Waals surface area contributed by atoms with Crippen LogP contribution in [0.3, 0.4) is 0 Å². The van der Waals surface area contributed by atoms with Gasteiger partial charge in [0.25, 0.3) is 0 Å². The lowest BCUT2D eigenvalue weighted by Crippen LogP contribution is -2.16. The second-order valence-electron chi connectivity index (χ2n) is 3.19. The molecule has 0 unspecified atom stereocenters. The molecule has 3 nitrogen and oxygen atoms in total. The highest BCUT2D eigenvalue weighted by Crippen LogP contribution is 2.40. The van der Waals surface area contributed by atoms with Crippen LogP contribution in [0.25, 0.3) is 0 Å². The molecule has 0 fully saturated rings. The fourth-order valence-corrected chi connectivity index (χ4v) is 2.04. The van der Waals surface area contributed by atoms with Gasteiger partial charge in [-0.1, -0.05) is 27.5 Å². The second kappa shape index (κ2) is 5.59. The van der Waals surface area contributed by atoms with Gasteiger partial charge in [-0.05, 0) is 12.1 Å². The van der Waals surface area contributed by atoms with Crippen molar-refractivity contribution in [2.24, 2.45) is 0 Å². The zero-order chi connectivity index (χ0) is 13.9. The van der Waals surface area contributed by atoms with Crippen LogP contribution in [0.2, 0.25) is 5.02 Å². The van der Waals surface area contributed by atoms with E-state index in [0.29, 0.717) is 0 Å². The number of anilines is 1. The lowest BCUT2D eigenvalue weighted by molar-refractivity contribution is -0.137. The quantitative estimate of drug-likeness (QED) is 0.885. The van der Waals surface area contributed by atoms with Gasteiger partial charge in [-0.15, -0.1) is 0 Å². The van der Waals surface area contributed by atoms with Crippen LogP contribution in [0.1, 0.15) is 12.0 Å². The van der Waals surface area contributed by atoms with Crippen molar-refractivity contribution in [3.8, 4) is 6.07 Å². The van der Waals surface area contributed by atoms with Crippen molar-refractivity contribution in [3.63, 3.8) is 0 Å². The van der Waals surface area contributed by atoms with Crippen molar-refractivity contribution in [2.75, 3.05) is 5.32 Å². The van der Waals surface area contributed by atoms with E-state index in [1.807, 2.05) is 5.32 Å². The lowest BCUT2D eigenvalue weighted by atomic mass is 10.1. The molecule has 1 N–H and O–H groups in total. The van der Waals surface area contributed by atoms with Crippen LogP contribution in [0.5, 0.6) is 0 Å². The van der Waals surface area contributed by atoms with E-state index in [2.05, 4.69) is 15.9 Å². The first-order valence-corrected chi connectivity index (χ1v) is 5.66. The highest BCUT2D eigenvalue weighted by Gasteiger charge is 2.35. The standard InChI is InChI=1S/C10H5BrClF3N2O/c11-5-3-6(10(13,14)15)9(7(12)4-5)17-8(18)1-2-16/h3-4H,1H2,(H,17,18). The molecule has 18 heavy (non-hydrogen) atoms. The smallest absolute Gasteiger partial charge is 0.323 e. The first-order valence-electron chi connectivity index (χ1n) is 4.48. The van der Waals surface area contributed by atoms with Crippen molar-refractivity contribution >= 4 is 39.1 Å². The first kappa shape index (κ1) is 14.8. The van der Waals surface area contributed by atoms with E-state index in [9.17, 15) is 18.0 Å². The molecule has 0 saturated carbocycles. The van der Waals surface area contributed by atoms with Crippen LogP contribution in [0.15, 0.2) is 16.6 Å². The number of nitrogens with one attached hydrogen (secondary N) is 1. The van der Waals surface area contributed by atoms with E-state index in [1.165, 1.54) is 12.1 Å². The third-order valence-electron chi connectivity index (χ3n) is 1.86. The summed E-state index contributed by atoms with van der Waals surface area (Å²) in [5.74, 6) is -0.854. The van der Waals surface area contributed by atoms with Crippen LogP contribution in [-0.4, -0.2) is 5.91 Å². The van der Waals surface area contributed by atoms with Gasteiger partial charge in [0, 0.05) is 4.47 Å². The molecule has 0 saturated heterocycles. The molecule has 1 amide bonds. The van der Waals surface area contributed by atoms with Crippen molar-refractivity contribution in [1.82, 2.24) is 0 Å². The van der Waals surface area contributed by atoms with Gasteiger partial charge in [0.2, 0.25) is 5.91 Å². The Balaban J connectivity index is 3.25. The maximum Gasteiger partial charge on any atom is 0.418 e. The number of benzene rings is 1. The predicted molar refractivity (Wildman–Crippen MR) is 63.0 cm³/mol. The number of hydrogen-bond acceptors (Lipinski definition) is 2. The molecule has 1 aromatic rings. The molecule has 0 atom stereocenters. The molecule has 0 aliphatic rings. The molecule has 8 heteroatoms. The van der Waals surface area contributed by atoms with Gasteiger partial charge in [0.1, 0.15) is 6.42 Å². The average Bonchev–Trinajstić information content (AvgIpc) is 2.20. The monoisotopic (exact) mass is 340 g/mol. The molecule has 96 valence electrons. The molecule has 0 aromatic heterocycles. The van der Waals surface area contributed by atoms with E-state index in [0.717, 1.165) is 6.07 Å². The second-order valence-corrected chi connectivity index (χ2v) is 4.51. The van der Waals surface area contributed by atoms with E-state index < -0.39 is 29.8 Å². The first-order chi connectivity index (χ1) is 8.25. The Bertz CT molecular complexity index is 525. The number of rotatable bonds is 2. The van der Waals surface area contributed by atoms with E-state index in [-0.39, 0.29) is 9.50 Å². The van der Waals surface area contributed by atoms with Crippen molar-refractivity contribution in [1.29, 1.82) is 5.26 Å². The van der Waals surface area contributed by atoms with E-state index in [1.54, 1.807) is 0 Å². The number of nitriles is 1. The van der Waals surface area contributed by atoms with Gasteiger partial charge in [-0.2, -0.15) is 18.4 Å². The highest BCUT2D eigenvalue weighted by molar-refractivity contribution is 9.10. The summed E-state index contributed by atoms with van der Waals surface area (Å²) < 4.78 is 38.4. The van der Waals surface area contributed by atoms with Gasteiger partial charge >= 0.3 is 6.18 Å². The van der Waals surface area contributed by atoms with Crippen molar-refractivity contribution in [2.45, 2.75) is 12.6 Å². The zero-order valence-electron chi connectivity index (χ0n) is 8.61. The molecule has 0 aliphatic heterocycles. The Labute approximate surface area is 114 Å². The van der Waals surface area contributed by atoms with Gasteiger partial charge < -0.3 is 5.32 Å². The summed E-state index contributed by atoms with van der Waals surface area (Å²) in [6.07, 6.45) is -5.22. The fourth-order valence-electron chi connectivity index (χ4n) is 1.18. The number of carbonyl (C=O) groups excluding carboxylic acids is 1. The predicted octanol–water partition coefficient (Wildman–Crippen LogP) is 3.97. The Morgan fingerprint density at radius 3 is 2.61 bits per heavy atom. The Morgan fingerprint density at radius 1 is 1.50 bits per heavy atom. The fraction of sp³-hybridized carbons (Fsp3) is 0.200. The molecular weight excluding hydrogens is 336 g/mol. The lowest BCUT2D eigenvalue weighted by Gasteiger charge is -2.15. The summed E-state index contributed by atoms with van der Waals surface area (Å²) in [6.45, 7) is 0. The molecule has 1 aromatic carbocycles. The number of alkyl halides is 3. The highest BCUT2D eigenvalue weighted by atomic mass is 79.9. The molecule has 0 heterocycles. The number of amides is 1. The van der Waals surface area contributed by atoms with Crippen LogP contribution in [-0.2, 0) is 11.0 Å². The SMILES string of the molecule is N#CCC(=O)Nc1c(Cl)cc(Br)cc1C(F)(F)F. The maximum atomic E-state index is 12.7. The Kier molecular flexibility index (Phi) is 4.59. The van der Waals surface area contributed by atoms with Crippen LogP contribution in [0.4, 0.5) is 18.9 Å². The number of halogens is 5. The number of hydrogen-bond donors (Lipinski definition) is 1. The topological polar surface area (TPSA) is 52.9 Å². The molecule has 0 bridgehead atoms. The Morgan fingerprint density at radius 2 is 2.11 bits per heavy atom. The maximum absolute atomic E-state index is 12.7. The van der Waals surface area contributed by atoms with Crippen molar-refractivity contribution < 1.29 is 18.0 Å². The third kappa shape index (κ3) is 3.62. The van der Waals surface area contributed by atoms with Crippen LogP contribution < -0.4 is 5.32 Å². The molecule has 0 radical (unpaired) electrons. The molecule has 1 rings (SSSR count). The number of carbonyl (C=O) groups is 1. The summed E-state index contributed by atoms with van der Waals surface area (Å²) in [6, 6.07) is 3.55. The van der Waals surface area contributed by atoms with Crippen molar-refractivity contribution in [3.05, 3.63) is 27.2 Å². The summed E-state index contributed by atoms with van der Waals surface area (Å²) in [7, 11) is 0. The summed E-state index contributed by atoms with van der Waals surface area (Å²) in [5.41, 5.74) is -1.62. The minimum atomic E-state index is -4.66. The minimum absolute atomic E-state index is 0.137.